The summed E-state index contributed by atoms with van der Waals surface area (Å²) >= 11 is 1.31. The molecule has 1 saturated carbocycles. The number of carbonyl (C=O) groups is 1. The zero-order chi connectivity index (χ0) is 9.42. The average Bonchev–Trinajstić information content (AvgIpc) is 2.87. The van der Waals surface area contributed by atoms with E-state index in [2.05, 4.69) is 4.98 Å². The second kappa shape index (κ2) is 3.15. The fourth-order valence-corrected chi connectivity index (χ4v) is 1.86. The summed E-state index contributed by atoms with van der Waals surface area (Å²) in [6.07, 6.45) is 2.31. The van der Waals surface area contributed by atoms with E-state index in [1.165, 1.54) is 16.9 Å². The summed E-state index contributed by atoms with van der Waals surface area (Å²) in [7, 11) is 0. The van der Waals surface area contributed by atoms with E-state index in [9.17, 15) is 4.79 Å². The molecule has 1 aromatic heterocycles. The second-order valence-electron chi connectivity index (χ2n) is 3.25. The summed E-state index contributed by atoms with van der Waals surface area (Å²) in [4.78, 5) is 14.9. The van der Waals surface area contributed by atoms with Crippen molar-refractivity contribution in [2.75, 3.05) is 0 Å². The van der Waals surface area contributed by atoms with Gasteiger partial charge in [-0.2, -0.15) is 0 Å². The van der Waals surface area contributed by atoms with Crippen LogP contribution >= 0.6 is 0 Å². The first-order valence-electron chi connectivity index (χ1n) is 4.18. The monoisotopic (exact) mass is 239 g/mol. The van der Waals surface area contributed by atoms with E-state index in [4.69, 9.17) is 5.11 Å². The molecule has 4 heteroatoms. The van der Waals surface area contributed by atoms with Gasteiger partial charge in [-0.3, -0.25) is 0 Å². The quantitative estimate of drug-likeness (QED) is 0.734. The summed E-state index contributed by atoms with van der Waals surface area (Å²) in [6, 6.07) is 3.81. The second-order valence-corrected chi connectivity index (χ2v) is 4.56. The van der Waals surface area contributed by atoms with Gasteiger partial charge in [0.25, 0.3) is 0 Å². The van der Waals surface area contributed by atoms with E-state index < -0.39 is 5.97 Å². The van der Waals surface area contributed by atoms with Crippen molar-refractivity contribution in [3.63, 3.8) is 0 Å². The Morgan fingerprint density at radius 3 is 2.77 bits per heavy atom. The molecule has 0 radical (unpaired) electrons. The molecule has 0 aliphatic heterocycles. The molecule has 1 aromatic rings. The summed E-state index contributed by atoms with van der Waals surface area (Å²) in [5, 5.41) is 8.84. The number of hydrogen-bond acceptors (Lipinski definition) is 2. The molecule has 1 N–H and O–H groups in total. The van der Waals surface area contributed by atoms with Crippen LogP contribution in [0.4, 0.5) is 0 Å². The van der Waals surface area contributed by atoms with E-state index >= 15 is 0 Å². The fraction of sp³-hybridized carbons (Fsp3) is 0.333. The van der Waals surface area contributed by atoms with Crippen LogP contribution in [0, 0.1) is 0 Å². The number of aromatic nitrogens is 1. The van der Waals surface area contributed by atoms with Gasteiger partial charge in [0.15, 0.2) is 0 Å². The van der Waals surface area contributed by atoms with Crippen molar-refractivity contribution in [1.82, 2.24) is 4.98 Å². The molecule has 0 spiro atoms. The van der Waals surface area contributed by atoms with Crippen LogP contribution in [-0.2, 0) is 0 Å². The van der Waals surface area contributed by atoms with Gasteiger partial charge in [-0.25, -0.2) is 0 Å². The Hall–Kier alpha value is -0.822. The van der Waals surface area contributed by atoms with Crippen LogP contribution in [-0.4, -0.2) is 32.9 Å². The van der Waals surface area contributed by atoms with E-state index in [0.717, 1.165) is 22.9 Å². The molecule has 1 fully saturated rings. The van der Waals surface area contributed by atoms with E-state index in [1.54, 1.807) is 0 Å². The molecule has 68 valence electrons. The van der Waals surface area contributed by atoms with Crippen LogP contribution < -0.4 is 4.35 Å². The van der Waals surface area contributed by atoms with E-state index in [-0.39, 0.29) is 5.69 Å². The maximum absolute atomic E-state index is 10.8. The summed E-state index contributed by atoms with van der Waals surface area (Å²) in [5.74, 6) is -0.395. The molecule has 1 aliphatic rings. The third kappa shape index (κ3) is 1.75. The standard InChI is InChI=1S/C9H10AsNO2/c10-6-3-4-7(5-1-2-5)11-8(6)9(12)13/h3-5H,1-2,10H2,(H,12,13). The number of carboxylic acids is 1. The molecule has 3 nitrogen and oxygen atoms in total. The van der Waals surface area contributed by atoms with Crippen molar-refractivity contribution in [2.24, 2.45) is 0 Å². The maximum atomic E-state index is 10.8. The van der Waals surface area contributed by atoms with Crippen molar-refractivity contribution >= 4 is 27.2 Å². The van der Waals surface area contributed by atoms with Gasteiger partial charge in [-0.05, 0) is 0 Å². The predicted molar refractivity (Wildman–Crippen MR) is 51.3 cm³/mol. The molecule has 1 atom stereocenters. The first-order chi connectivity index (χ1) is 6.18. The van der Waals surface area contributed by atoms with Gasteiger partial charge in [0.2, 0.25) is 0 Å². The zero-order valence-electron chi connectivity index (χ0n) is 7.03. The van der Waals surface area contributed by atoms with E-state index in [1.807, 2.05) is 12.1 Å². The van der Waals surface area contributed by atoms with Crippen LogP contribution in [0.25, 0.3) is 0 Å². The molecule has 0 amide bonds. The van der Waals surface area contributed by atoms with Crippen LogP contribution in [0.2, 0.25) is 0 Å². The van der Waals surface area contributed by atoms with Gasteiger partial charge in [-0.1, -0.05) is 0 Å². The van der Waals surface area contributed by atoms with Crippen molar-refractivity contribution < 1.29 is 9.90 Å². The van der Waals surface area contributed by atoms with Gasteiger partial charge in [0.1, 0.15) is 0 Å². The number of aromatic carboxylic acids is 1. The van der Waals surface area contributed by atoms with E-state index in [0.29, 0.717) is 5.92 Å². The number of rotatable bonds is 2. The Morgan fingerprint density at radius 1 is 1.54 bits per heavy atom. The van der Waals surface area contributed by atoms with Crippen LogP contribution in [0.1, 0.15) is 34.9 Å². The number of hydrogen-bond donors (Lipinski definition) is 1. The summed E-state index contributed by atoms with van der Waals surface area (Å²) in [5.41, 5.74) is 1.17. The van der Waals surface area contributed by atoms with Crippen molar-refractivity contribution in [3.8, 4) is 0 Å². The molecule has 1 aliphatic carbocycles. The average molecular weight is 239 g/mol. The molecule has 0 saturated heterocycles. The molecular formula is C9H10AsNO2. The van der Waals surface area contributed by atoms with Crippen LogP contribution in [0.3, 0.4) is 0 Å². The Kier molecular flexibility index (Phi) is 2.12. The minimum atomic E-state index is -0.915. The third-order valence-corrected chi connectivity index (χ3v) is 3.12. The topological polar surface area (TPSA) is 50.2 Å². The SMILES string of the molecule is O=C(O)c1nc(C2CC2)ccc1[AsH2]. The number of nitrogens with zero attached hydrogens (tertiary/aromatic N) is 1. The summed E-state index contributed by atoms with van der Waals surface area (Å²) in [6.45, 7) is 0. The Bertz CT molecular complexity index is 361. The first kappa shape index (κ1) is 8.76. The van der Waals surface area contributed by atoms with Gasteiger partial charge in [0, 0.05) is 0 Å². The van der Waals surface area contributed by atoms with Gasteiger partial charge in [-0.15, -0.1) is 0 Å². The Balaban J connectivity index is 2.41. The van der Waals surface area contributed by atoms with Crippen LogP contribution in [0.15, 0.2) is 12.1 Å². The number of carboxylic acid groups (broad SMARTS) is 1. The Morgan fingerprint density at radius 2 is 2.23 bits per heavy atom. The van der Waals surface area contributed by atoms with Crippen molar-refractivity contribution in [2.45, 2.75) is 18.8 Å². The minimum absolute atomic E-state index is 0.226. The normalized spacial score (nSPS) is 15.8. The van der Waals surface area contributed by atoms with Crippen molar-refractivity contribution in [3.05, 3.63) is 23.5 Å². The zero-order valence-corrected chi connectivity index (χ0v) is 9.45. The Labute approximate surface area is 84.7 Å². The van der Waals surface area contributed by atoms with Gasteiger partial charge >= 0.3 is 84.3 Å². The molecule has 0 bridgehead atoms. The molecule has 2 rings (SSSR count). The van der Waals surface area contributed by atoms with Crippen LogP contribution in [0.5, 0.6) is 0 Å². The summed E-state index contributed by atoms with van der Waals surface area (Å²) < 4.78 is 0.796. The predicted octanol–water partition coefficient (Wildman–Crippen LogP) is -0.0844. The van der Waals surface area contributed by atoms with Gasteiger partial charge < -0.3 is 0 Å². The molecular weight excluding hydrogens is 229 g/mol. The molecule has 13 heavy (non-hydrogen) atoms. The molecule has 1 unspecified atom stereocenters. The number of pyridine rings is 1. The third-order valence-electron chi connectivity index (χ3n) is 2.15. The van der Waals surface area contributed by atoms with Gasteiger partial charge in [0.05, 0.1) is 0 Å². The first-order valence-corrected chi connectivity index (χ1v) is 5.39. The van der Waals surface area contributed by atoms with Crippen molar-refractivity contribution in [1.29, 1.82) is 0 Å². The molecule has 1 heterocycles. The molecule has 0 aromatic carbocycles. The fourth-order valence-electron chi connectivity index (χ4n) is 1.26.